The number of hydrogen-bond donors (Lipinski definition) is 0. The number of halogens is 9. The van der Waals surface area contributed by atoms with Crippen molar-refractivity contribution in [3.8, 4) is 0 Å². The van der Waals surface area contributed by atoms with Crippen LogP contribution in [0.5, 0.6) is 0 Å². The molecular weight excluding hydrogens is 633 g/mol. The van der Waals surface area contributed by atoms with Crippen molar-refractivity contribution >= 4 is 30.4 Å². The van der Waals surface area contributed by atoms with Crippen LogP contribution in [0, 0.1) is 0 Å². The second-order valence-corrected chi connectivity index (χ2v) is 6.81. The molecule has 0 aliphatic rings. The topological polar surface area (TPSA) is 172 Å². The van der Waals surface area contributed by atoms with Crippen LogP contribution in [0.15, 0.2) is 0 Å². The Bertz CT molecular complexity index is 596. The van der Waals surface area contributed by atoms with Crippen LogP contribution in [-0.2, 0) is 50.8 Å². The summed E-state index contributed by atoms with van der Waals surface area (Å²) in [4.78, 5) is 0. The van der Waals surface area contributed by atoms with E-state index >= 15 is 0 Å². The molecule has 22 heteroatoms. The maximum Gasteiger partial charge on any atom is 0.485 e. The summed E-state index contributed by atoms with van der Waals surface area (Å²) in [7, 11) is -18.3. The van der Waals surface area contributed by atoms with Crippen LogP contribution in [-0.4, -0.2) is 55.4 Å². The number of hydrogen-bond acceptors (Lipinski definition) is 9. The Balaban J connectivity index is -0.000000130. The molecule has 0 saturated carbocycles. The maximum absolute atomic E-state index is 10.7. The Hall–Kier alpha value is -0.238. The average Bonchev–Trinajstić information content (AvgIpc) is 2.08. The van der Waals surface area contributed by atoms with Crippen LogP contribution in [0.3, 0.4) is 0 Å². The Morgan fingerprint density at radius 2 is 0.480 bits per heavy atom. The SMILES string of the molecule is O=S(=O)([O-])C(F)(F)F.O=S(=O)([O-])C(F)(F)F.O=S(=O)([O-])C(F)(F)F.[Re]. The molecule has 0 N–H and O–H groups in total. The Morgan fingerprint density at radius 3 is 0.480 bits per heavy atom. The molecule has 0 aromatic heterocycles. The molecule has 0 rings (SSSR count). The van der Waals surface area contributed by atoms with Crippen LogP contribution in [0.1, 0.15) is 0 Å². The summed E-state index contributed by atoms with van der Waals surface area (Å²) in [6, 6.07) is 0. The zero-order valence-corrected chi connectivity index (χ0v) is 15.3. The van der Waals surface area contributed by atoms with Crippen LogP contribution < -0.4 is 0 Å². The van der Waals surface area contributed by atoms with Gasteiger partial charge in [0.2, 0.25) is 0 Å². The third kappa shape index (κ3) is 15.7. The van der Waals surface area contributed by atoms with E-state index in [0.717, 1.165) is 0 Å². The molecule has 0 amide bonds. The van der Waals surface area contributed by atoms with Crippen LogP contribution >= 0.6 is 0 Å². The van der Waals surface area contributed by atoms with Crippen molar-refractivity contribution in [2.75, 3.05) is 0 Å². The standard InChI is InChI=1S/3CHF3O3S.Re/c3*2-1(3,4)8(5,6)7;/h3*(H,5,6,7);/p-3. The first-order valence-electron chi connectivity index (χ1n) is 3.81. The van der Waals surface area contributed by atoms with Crippen LogP contribution in [0.2, 0.25) is 0 Å². The van der Waals surface area contributed by atoms with Crippen molar-refractivity contribution in [3.05, 3.63) is 0 Å². The summed E-state index contributed by atoms with van der Waals surface area (Å²) in [5.74, 6) is 0. The van der Waals surface area contributed by atoms with E-state index in [1.165, 1.54) is 0 Å². The Kier molecular flexibility index (Phi) is 12.5. The van der Waals surface area contributed by atoms with Crippen molar-refractivity contribution in [1.82, 2.24) is 0 Å². The third-order valence-corrected chi connectivity index (χ3v) is 2.55. The van der Waals surface area contributed by atoms with E-state index in [2.05, 4.69) is 0 Å². The summed E-state index contributed by atoms with van der Waals surface area (Å²) in [5.41, 5.74) is -16.9. The van der Waals surface area contributed by atoms with Gasteiger partial charge in [0.05, 0.1) is 0 Å². The molecule has 0 bridgehead atoms. The summed E-state index contributed by atoms with van der Waals surface area (Å²) in [6.07, 6.45) is 0. The Labute approximate surface area is 146 Å². The predicted molar refractivity (Wildman–Crippen MR) is 47.3 cm³/mol. The fourth-order valence-electron chi connectivity index (χ4n) is 0. The molecule has 25 heavy (non-hydrogen) atoms. The minimum atomic E-state index is -6.09. The molecule has 0 atom stereocenters. The number of rotatable bonds is 0. The molecule has 0 aromatic carbocycles. The molecule has 157 valence electrons. The fraction of sp³-hybridized carbons (Fsp3) is 1.00. The van der Waals surface area contributed by atoms with Gasteiger partial charge in [-0.05, 0) is 0 Å². The predicted octanol–water partition coefficient (Wildman–Crippen LogP) is 0.152. The largest absolute Gasteiger partial charge is 0.741 e. The molecule has 0 aliphatic heterocycles. The molecule has 0 aromatic rings. The Morgan fingerprint density at radius 1 is 0.440 bits per heavy atom. The first-order valence-corrected chi connectivity index (χ1v) is 8.04. The zero-order chi connectivity index (χ0) is 21.0. The summed E-state index contributed by atoms with van der Waals surface area (Å²) in [6.45, 7) is 0. The van der Waals surface area contributed by atoms with E-state index in [9.17, 15) is 39.5 Å². The molecular formula is C3F9O9ReS3-3. The van der Waals surface area contributed by atoms with Gasteiger partial charge in [-0.1, -0.05) is 0 Å². The van der Waals surface area contributed by atoms with E-state index in [0.29, 0.717) is 0 Å². The molecule has 0 saturated heterocycles. The number of alkyl halides is 9. The van der Waals surface area contributed by atoms with Gasteiger partial charge >= 0.3 is 16.5 Å². The van der Waals surface area contributed by atoms with Gasteiger partial charge in [0, 0.05) is 20.4 Å². The minimum absolute atomic E-state index is 0. The van der Waals surface area contributed by atoms with Crippen molar-refractivity contribution in [2.45, 2.75) is 16.5 Å². The monoisotopic (exact) mass is 634 g/mol. The van der Waals surface area contributed by atoms with Crippen LogP contribution in [0.25, 0.3) is 0 Å². The van der Waals surface area contributed by atoms with Gasteiger partial charge in [0.1, 0.15) is 0 Å². The first kappa shape index (κ1) is 32.4. The van der Waals surface area contributed by atoms with Gasteiger partial charge in [-0.2, -0.15) is 39.5 Å². The van der Waals surface area contributed by atoms with E-state index in [1.807, 2.05) is 0 Å². The molecule has 0 spiro atoms. The molecule has 0 fully saturated rings. The fourth-order valence-corrected chi connectivity index (χ4v) is 0. The second kappa shape index (κ2) is 9.63. The molecule has 9 nitrogen and oxygen atoms in total. The van der Waals surface area contributed by atoms with Crippen molar-refractivity contribution < 1.29 is 98.8 Å². The molecule has 0 aliphatic carbocycles. The van der Waals surface area contributed by atoms with E-state index in [-0.39, 0.29) is 20.4 Å². The van der Waals surface area contributed by atoms with Gasteiger partial charge in [-0.15, -0.1) is 0 Å². The van der Waals surface area contributed by atoms with Gasteiger partial charge in [-0.25, -0.2) is 25.3 Å². The smallest absolute Gasteiger partial charge is 0.485 e. The minimum Gasteiger partial charge on any atom is -0.741 e. The maximum atomic E-state index is 10.7. The molecule has 0 unspecified atom stereocenters. The van der Waals surface area contributed by atoms with Gasteiger partial charge in [0.25, 0.3) is 0 Å². The van der Waals surface area contributed by atoms with Crippen LogP contribution in [0.4, 0.5) is 39.5 Å². The first-order chi connectivity index (χ1) is 9.75. The van der Waals surface area contributed by atoms with E-state index in [1.54, 1.807) is 0 Å². The van der Waals surface area contributed by atoms with Crippen molar-refractivity contribution in [1.29, 1.82) is 0 Å². The summed E-state index contributed by atoms with van der Waals surface area (Å²) < 4.78 is 177. The third-order valence-electron chi connectivity index (χ3n) is 0.850. The molecule has 0 heterocycles. The summed E-state index contributed by atoms with van der Waals surface area (Å²) in [5, 5.41) is 0. The van der Waals surface area contributed by atoms with Crippen molar-refractivity contribution in [2.24, 2.45) is 0 Å². The van der Waals surface area contributed by atoms with Gasteiger partial charge in [0.15, 0.2) is 30.4 Å². The van der Waals surface area contributed by atoms with E-state index in [4.69, 9.17) is 38.9 Å². The second-order valence-electron chi connectivity index (χ2n) is 2.70. The quantitative estimate of drug-likeness (QED) is 0.205. The van der Waals surface area contributed by atoms with Gasteiger partial charge < -0.3 is 13.7 Å². The zero-order valence-electron chi connectivity index (χ0n) is 10.2. The van der Waals surface area contributed by atoms with Gasteiger partial charge in [-0.3, -0.25) is 0 Å². The normalized spacial score (nSPS) is 13.4. The van der Waals surface area contributed by atoms with E-state index < -0.39 is 46.9 Å². The van der Waals surface area contributed by atoms with Crippen molar-refractivity contribution in [3.63, 3.8) is 0 Å². The molecule has 1 radical (unpaired) electrons. The average molecular weight is 633 g/mol. The summed E-state index contributed by atoms with van der Waals surface area (Å²) >= 11 is 0.